The monoisotopic (exact) mass is 244 g/mol. The molecule has 0 radical (unpaired) electrons. The minimum absolute atomic E-state index is 0.0522. The van der Waals surface area contributed by atoms with Crippen LogP contribution >= 0.6 is 23.4 Å². The molecule has 1 rings (SSSR count). The van der Waals surface area contributed by atoms with Gasteiger partial charge in [-0.25, -0.2) is 0 Å². The summed E-state index contributed by atoms with van der Waals surface area (Å²) in [5.74, 6) is 1.82. The number of thioether (sulfide) groups is 1. The highest BCUT2D eigenvalue weighted by molar-refractivity contribution is 7.99. The van der Waals surface area contributed by atoms with Gasteiger partial charge in [0.15, 0.2) is 0 Å². The Kier molecular flexibility index (Phi) is 5.51. The van der Waals surface area contributed by atoms with Gasteiger partial charge in [0.2, 0.25) is 0 Å². The molecule has 84 valence electrons. The maximum atomic E-state index is 8.94. The summed E-state index contributed by atoms with van der Waals surface area (Å²) in [6.45, 7) is 4.49. The molecule has 3 heteroatoms. The van der Waals surface area contributed by atoms with Gasteiger partial charge in [-0.05, 0) is 35.8 Å². The molecule has 1 nitrogen and oxygen atoms in total. The maximum Gasteiger partial charge on any atom is 0.0682 e. The number of rotatable bonds is 5. The van der Waals surface area contributed by atoms with E-state index in [0.29, 0.717) is 0 Å². The molecule has 0 saturated heterocycles. The van der Waals surface area contributed by atoms with E-state index < -0.39 is 0 Å². The summed E-state index contributed by atoms with van der Waals surface area (Å²) in [4.78, 5) is 1.11. The first kappa shape index (κ1) is 12.9. The van der Waals surface area contributed by atoms with Crippen LogP contribution in [0.3, 0.4) is 0 Å². The minimum Gasteiger partial charge on any atom is -0.392 e. The van der Waals surface area contributed by atoms with E-state index in [0.717, 1.165) is 27.2 Å². The van der Waals surface area contributed by atoms with Gasteiger partial charge in [0.1, 0.15) is 0 Å². The van der Waals surface area contributed by atoms with E-state index in [1.807, 2.05) is 18.2 Å². The summed E-state index contributed by atoms with van der Waals surface area (Å²) in [5, 5.41) is 9.68. The second-order valence-electron chi connectivity index (χ2n) is 3.95. The molecule has 1 aromatic rings. The van der Waals surface area contributed by atoms with Gasteiger partial charge in [-0.3, -0.25) is 0 Å². The Morgan fingerprint density at radius 1 is 1.40 bits per heavy atom. The van der Waals surface area contributed by atoms with Crippen molar-refractivity contribution in [3.8, 4) is 0 Å². The number of hydrogen-bond donors (Lipinski definition) is 1. The van der Waals surface area contributed by atoms with Crippen molar-refractivity contribution in [1.82, 2.24) is 0 Å². The fourth-order valence-electron chi connectivity index (χ4n) is 1.16. The van der Waals surface area contributed by atoms with Crippen LogP contribution < -0.4 is 0 Å². The Morgan fingerprint density at radius 2 is 2.13 bits per heavy atom. The van der Waals surface area contributed by atoms with Crippen LogP contribution in [0, 0.1) is 5.92 Å². The molecule has 0 heterocycles. The highest BCUT2D eigenvalue weighted by Gasteiger charge is 2.03. The van der Waals surface area contributed by atoms with Crippen molar-refractivity contribution in [1.29, 1.82) is 0 Å². The molecule has 15 heavy (non-hydrogen) atoms. The Hall–Kier alpha value is -0.180. The van der Waals surface area contributed by atoms with Gasteiger partial charge >= 0.3 is 0 Å². The van der Waals surface area contributed by atoms with Crippen molar-refractivity contribution in [2.45, 2.75) is 31.8 Å². The van der Waals surface area contributed by atoms with Crippen molar-refractivity contribution >= 4 is 23.4 Å². The summed E-state index contributed by atoms with van der Waals surface area (Å²) in [6.07, 6.45) is 1.20. The normalized spacial score (nSPS) is 11.0. The molecule has 0 spiro atoms. The molecular weight excluding hydrogens is 228 g/mol. The predicted octanol–water partition coefficient (Wildman–Crippen LogP) is 3.97. The lowest BCUT2D eigenvalue weighted by Crippen LogP contribution is -1.90. The lowest BCUT2D eigenvalue weighted by Gasteiger charge is -2.07. The highest BCUT2D eigenvalue weighted by Crippen LogP contribution is 2.29. The molecule has 0 fully saturated rings. The standard InChI is InChI=1S/C12H17ClOS/c1-9(2)5-6-15-12-4-3-10(8-14)7-11(12)13/h3-4,7,9,14H,5-6,8H2,1-2H3. The molecule has 0 aliphatic rings. The fraction of sp³-hybridized carbons (Fsp3) is 0.500. The Labute approximate surface area is 101 Å². The van der Waals surface area contributed by atoms with Crippen LogP contribution in [0.25, 0.3) is 0 Å². The minimum atomic E-state index is 0.0522. The smallest absolute Gasteiger partial charge is 0.0682 e. The number of halogens is 1. The summed E-state index contributed by atoms with van der Waals surface area (Å²) in [7, 11) is 0. The molecule has 0 unspecified atom stereocenters. The van der Waals surface area contributed by atoms with Crippen LogP contribution in [0.4, 0.5) is 0 Å². The zero-order chi connectivity index (χ0) is 11.3. The van der Waals surface area contributed by atoms with Gasteiger partial charge in [0, 0.05) is 4.90 Å². The van der Waals surface area contributed by atoms with Crippen molar-refractivity contribution in [2.24, 2.45) is 5.92 Å². The van der Waals surface area contributed by atoms with Gasteiger partial charge in [-0.1, -0.05) is 31.5 Å². The molecule has 1 N–H and O–H groups in total. The Balaban J connectivity index is 2.54. The van der Waals surface area contributed by atoms with Crippen molar-refractivity contribution in [3.63, 3.8) is 0 Å². The average molecular weight is 245 g/mol. The Morgan fingerprint density at radius 3 is 2.67 bits per heavy atom. The van der Waals surface area contributed by atoms with Gasteiger partial charge in [0.25, 0.3) is 0 Å². The maximum absolute atomic E-state index is 8.94. The SMILES string of the molecule is CC(C)CCSc1ccc(CO)cc1Cl. The van der Waals surface area contributed by atoms with E-state index in [1.165, 1.54) is 6.42 Å². The van der Waals surface area contributed by atoms with E-state index in [9.17, 15) is 0 Å². The molecule has 0 bridgehead atoms. The second kappa shape index (κ2) is 6.41. The zero-order valence-corrected chi connectivity index (χ0v) is 10.7. The lowest BCUT2D eigenvalue weighted by molar-refractivity contribution is 0.282. The number of aliphatic hydroxyl groups excluding tert-OH is 1. The van der Waals surface area contributed by atoms with Crippen LogP contribution in [-0.2, 0) is 6.61 Å². The van der Waals surface area contributed by atoms with E-state index in [-0.39, 0.29) is 6.61 Å². The first-order chi connectivity index (χ1) is 7.13. The molecular formula is C12H17ClOS. The molecule has 0 aliphatic heterocycles. The number of hydrogen-bond acceptors (Lipinski definition) is 2. The van der Waals surface area contributed by atoms with Crippen molar-refractivity contribution < 1.29 is 5.11 Å². The zero-order valence-electron chi connectivity index (χ0n) is 9.16. The van der Waals surface area contributed by atoms with Gasteiger partial charge < -0.3 is 5.11 Å². The molecule has 0 aromatic heterocycles. The van der Waals surface area contributed by atoms with Gasteiger partial charge in [0.05, 0.1) is 11.6 Å². The first-order valence-electron chi connectivity index (χ1n) is 5.15. The average Bonchev–Trinajstić information content (AvgIpc) is 2.20. The van der Waals surface area contributed by atoms with Gasteiger partial charge in [-0.2, -0.15) is 0 Å². The predicted molar refractivity (Wildman–Crippen MR) is 67.6 cm³/mol. The van der Waals surface area contributed by atoms with Crippen molar-refractivity contribution in [2.75, 3.05) is 5.75 Å². The van der Waals surface area contributed by atoms with E-state index >= 15 is 0 Å². The second-order valence-corrected chi connectivity index (χ2v) is 5.50. The highest BCUT2D eigenvalue weighted by atomic mass is 35.5. The number of benzene rings is 1. The van der Waals surface area contributed by atoms with Crippen LogP contribution in [0.1, 0.15) is 25.8 Å². The topological polar surface area (TPSA) is 20.2 Å². The third-order valence-electron chi connectivity index (χ3n) is 2.13. The van der Waals surface area contributed by atoms with E-state index in [1.54, 1.807) is 11.8 Å². The van der Waals surface area contributed by atoms with Crippen molar-refractivity contribution in [3.05, 3.63) is 28.8 Å². The Bertz CT molecular complexity index is 312. The van der Waals surface area contributed by atoms with E-state index in [4.69, 9.17) is 16.7 Å². The van der Waals surface area contributed by atoms with Gasteiger partial charge in [-0.15, -0.1) is 11.8 Å². The van der Waals surface area contributed by atoms with E-state index in [2.05, 4.69) is 13.8 Å². The first-order valence-corrected chi connectivity index (χ1v) is 6.52. The number of aliphatic hydroxyl groups is 1. The van der Waals surface area contributed by atoms with Crippen LogP contribution in [0.5, 0.6) is 0 Å². The summed E-state index contributed by atoms with van der Waals surface area (Å²) < 4.78 is 0. The third-order valence-corrected chi connectivity index (χ3v) is 3.66. The largest absolute Gasteiger partial charge is 0.392 e. The van der Waals surface area contributed by atoms with Crippen LogP contribution in [-0.4, -0.2) is 10.9 Å². The molecule has 0 atom stereocenters. The quantitative estimate of drug-likeness (QED) is 0.791. The molecule has 0 saturated carbocycles. The van der Waals surface area contributed by atoms with Crippen LogP contribution in [0.15, 0.2) is 23.1 Å². The summed E-state index contributed by atoms with van der Waals surface area (Å²) >= 11 is 7.87. The molecule has 0 aliphatic carbocycles. The molecule has 0 amide bonds. The van der Waals surface area contributed by atoms with Crippen LogP contribution in [0.2, 0.25) is 5.02 Å². The lowest BCUT2D eigenvalue weighted by atomic mass is 10.2. The fourth-order valence-corrected chi connectivity index (χ4v) is 2.70. The summed E-state index contributed by atoms with van der Waals surface area (Å²) in [6, 6.07) is 5.74. The summed E-state index contributed by atoms with van der Waals surface area (Å²) in [5.41, 5.74) is 0.869. The molecule has 1 aromatic carbocycles. The third kappa shape index (κ3) is 4.45.